The van der Waals surface area contributed by atoms with Crippen LogP contribution >= 0.6 is 0 Å². The van der Waals surface area contributed by atoms with Gasteiger partial charge in [-0.15, -0.1) is 0 Å². The molecule has 5 heteroatoms. The van der Waals surface area contributed by atoms with E-state index in [1.807, 2.05) is 26.0 Å². The van der Waals surface area contributed by atoms with Gasteiger partial charge in [-0.25, -0.2) is 4.79 Å². The number of methoxy groups -OCH3 is 1. The quantitative estimate of drug-likeness (QED) is 0.842. The third-order valence-electron chi connectivity index (χ3n) is 3.08. The molecule has 0 saturated heterocycles. The van der Waals surface area contributed by atoms with E-state index in [4.69, 9.17) is 5.26 Å². The lowest BCUT2D eigenvalue weighted by Crippen LogP contribution is -2.42. The molecule has 0 bridgehead atoms. The summed E-state index contributed by atoms with van der Waals surface area (Å²) >= 11 is 0. The molecular weight excluding hydrogens is 268 g/mol. The van der Waals surface area contributed by atoms with Gasteiger partial charge >= 0.3 is 5.97 Å². The Morgan fingerprint density at radius 2 is 1.86 bits per heavy atom. The summed E-state index contributed by atoms with van der Waals surface area (Å²) in [5.74, 6) is -1.24. The average molecular weight is 288 g/mol. The maximum Gasteiger partial charge on any atom is 0.328 e. The van der Waals surface area contributed by atoms with Crippen LogP contribution in [0.1, 0.15) is 34.8 Å². The summed E-state index contributed by atoms with van der Waals surface area (Å²) in [6.45, 7) is 5.50. The fraction of sp³-hybridized carbons (Fsp3) is 0.438. The van der Waals surface area contributed by atoms with Crippen LogP contribution in [0.25, 0.3) is 0 Å². The molecule has 0 heterocycles. The number of carbonyl (C=O) groups is 2. The number of esters is 1. The van der Waals surface area contributed by atoms with Crippen LogP contribution in [0.3, 0.4) is 0 Å². The number of nitriles is 1. The molecule has 0 unspecified atom stereocenters. The number of ether oxygens (including phenoxy) is 1. The second kappa shape index (κ2) is 7.44. The van der Waals surface area contributed by atoms with Crippen LogP contribution in [0, 0.1) is 31.1 Å². The van der Waals surface area contributed by atoms with Gasteiger partial charge < -0.3 is 10.1 Å². The first-order valence-electron chi connectivity index (χ1n) is 6.74. The number of aryl methyl sites for hydroxylation is 2. The number of carbonyl (C=O) groups excluding carboxylic acids is 2. The highest BCUT2D eigenvalue weighted by molar-refractivity contribution is 5.97. The van der Waals surface area contributed by atoms with E-state index in [-0.39, 0.29) is 18.2 Å². The van der Waals surface area contributed by atoms with Crippen molar-refractivity contribution in [3.8, 4) is 6.07 Å². The van der Waals surface area contributed by atoms with E-state index in [1.165, 1.54) is 7.11 Å². The summed E-state index contributed by atoms with van der Waals surface area (Å²) in [6.07, 6.45) is 0.222. The van der Waals surface area contributed by atoms with Gasteiger partial charge in [0.1, 0.15) is 6.04 Å². The van der Waals surface area contributed by atoms with Crippen molar-refractivity contribution in [1.29, 1.82) is 5.26 Å². The SMILES string of the molecule is COC(=O)[C@@H](C[C@H](C)C#N)NC(=O)c1cc(C)cc(C)c1. The number of benzene rings is 1. The highest BCUT2D eigenvalue weighted by Crippen LogP contribution is 2.11. The Balaban J connectivity index is 2.89. The number of hydrogen-bond donors (Lipinski definition) is 1. The number of nitrogens with zero attached hydrogens (tertiary/aromatic N) is 1. The molecule has 1 N–H and O–H groups in total. The molecule has 0 aliphatic rings. The van der Waals surface area contributed by atoms with Crippen molar-refractivity contribution in [3.63, 3.8) is 0 Å². The van der Waals surface area contributed by atoms with Crippen LogP contribution in [0.4, 0.5) is 0 Å². The average Bonchev–Trinajstić information content (AvgIpc) is 2.44. The lowest BCUT2D eigenvalue weighted by molar-refractivity contribution is -0.143. The van der Waals surface area contributed by atoms with Gasteiger partial charge in [-0.2, -0.15) is 5.26 Å². The summed E-state index contributed by atoms with van der Waals surface area (Å²) in [6, 6.07) is 6.70. The van der Waals surface area contributed by atoms with Gasteiger partial charge in [0.15, 0.2) is 0 Å². The zero-order chi connectivity index (χ0) is 16.0. The predicted molar refractivity (Wildman–Crippen MR) is 78.6 cm³/mol. The first-order valence-corrected chi connectivity index (χ1v) is 6.74. The van der Waals surface area contributed by atoms with Gasteiger partial charge in [0, 0.05) is 11.5 Å². The number of amides is 1. The fourth-order valence-electron chi connectivity index (χ4n) is 2.11. The fourth-order valence-corrected chi connectivity index (χ4v) is 2.11. The van der Waals surface area contributed by atoms with Crippen molar-refractivity contribution in [2.45, 2.75) is 33.2 Å². The molecule has 1 rings (SSSR count). The van der Waals surface area contributed by atoms with E-state index in [9.17, 15) is 9.59 Å². The molecule has 1 aromatic carbocycles. The molecule has 2 atom stereocenters. The van der Waals surface area contributed by atoms with Crippen molar-refractivity contribution >= 4 is 11.9 Å². The van der Waals surface area contributed by atoms with E-state index >= 15 is 0 Å². The molecule has 0 aliphatic carbocycles. The van der Waals surface area contributed by atoms with Gasteiger partial charge in [-0.05, 0) is 39.3 Å². The number of rotatable bonds is 5. The van der Waals surface area contributed by atoms with Crippen molar-refractivity contribution in [2.24, 2.45) is 5.92 Å². The second-order valence-electron chi connectivity index (χ2n) is 5.19. The Morgan fingerprint density at radius 1 is 1.29 bits per heavy atom. The minimum atomic E-state index is -0.821. The molecule has 0 spiro atoms. The Hall–Kier alpha value is -2.35. The summed E-state index contributed by atoms with van der Waals surface area (Å²) in [7, 11) is 1.26. The lowest BCUT2D eigenvalue weighted by Gasteiger charge is -2.17. The van der Waals surface area contributed by atoms with E-state index in [1.54, 1.807) is 19.1 Å². The van der Waals surface area contributed by atoms with Crippen LogP contribution in [0.15, 0.2) is 18.2 Å². The topological polar surface area (TPSA) is 79.2 Å². The Bertz CT molecular complexity index is 555. The third kappa shape index (κ3) is 4.92. The molecule has 0 saturated carbocycles. The van der Waals surface area contributed by atoms with Gasteiger partial charge in [0.2, 0.25) is 0 Å². The first kappa shape index (κ1) is 16.7. The van der Waals surface area contributed by atoms with Gasteiger partial charge in [0.05, 0.1) is 13.2 Å². The number of nitrogens with one attached hydrogen (secondary N) is 1. The summed E-state index contributed by atoms with van der Waals surface area (Å²) in [4.78, 5) is 24.0. The van der Waals surface area contributed by atoms with E-state index < -0.39 is 12.0 Å². The highest BCUT2D eigenvalue weighted by Gasteiger charge is 2.24. The minimum absolute atomic E-state index is 0.222. The van der Waals surface area contributed by atoms with Crippen molar-refractivity contribution < 1.29 is 14.3 Å². The normalized spacial score (nSPS) is 12.9. The first-order chi connectivity index (χ1) is 9.87. The molecule has 1 aromatic rings. The smallest absolute Gasteiger partial charge is 0.328 e. The summed E-state index contributed by atoms with van der Waals surface area (Å²) in [5, 5.41) is 11.5. The van der Waals surface area contributed by atoms with Crippen LogP contribution in [-0.4, -0.2) is 25.0 Å². The van der Waals surface area contributed by atoms with E-state index in [0.29, 0.717) is 5.56 Å². The highest BCUT2D eigenvalue weighted by atomic mass is 16.5. The molecule has 0 aromatic heterocycles. The standard InChI is InChI=1S/C16H20N2O3/c1-10-5-11(2)7-13(6-10)15(19)18-14(16(20)21-4)8-12(3)9-17/h5-7,12,14H,8H2,1-4H3,(H,18,19)/t12-,14+/m0/s1. The third-order valence-corrected chi connectivity index (χ3v) is 3.08. The molecule has 1 amide bonds. The molecule has 0 fully saturated rings. The molecule has 5 nitrogen and oxygen atoms in total. The van der Waals surface area contributed by atoms with Gasteiger partial charge in [-0.3, -0.25) is 4.79 Å². The maximum absolute atomic E-state index is 12.2. The second-order valence-corrected chi connectivity index (χ2v) is 5.19. The van der Waals surface area contributed by atoms with Crippen molar-refractivity contribution in [2.75, 3.05) is 7.11 Å². The summed E-state index contributed by atoms with van der Waals surface area (Å²) in [5.41, 5.74) is 2.44. The van der Waals surface area contributed by atoms with Crippen LogP contribution in [0.2, 0.25) is 0 Å². The Kier molecular flexibility index (Phi) is 5.92. The van der Waals surface area contributed by atoms with E-state index in [2.05, 4.69) is 10.1 Å². The number of hydrogen-bond acceptors (Lipinski definition) is 4. The maximum atomic E-state index is 12.2. The largest absolute Gasteiger partial charge is 0.467 e. The lowest BCUT2D eigenvalue weighted by atomic mass is 10.0. The van der Waals surface area contributed by atoms with Gasteiger partial charge in [-0.1, -0.05) is 17.2 Å². The monoisotopic (exact) mass is 288 g/mol. The molecule has 0 aliphatic heterocycles. The van der Waals surface area contributed by atoms with Crippen molar-refractivity contribution in [1.82, 2.24) is 5.32 Å². The summed E-state index contributed by atoms with van der Waals surface area (Å²) < 4.78 is 4.68. The van der Waals surface area contributed by atoms with Crippen molar-refractivity contribution in [3.05, 3.63) is 34.9 Å². The van der Waals surface area contributed by atoms with Crippen LogP contribution in [0.5, 0.6) is 0 Å². The zero-order valence-corrected chi connectivity index (χ0v) is 12.8. The van der Waals surface area contributed by atoms with Gasteiger partial charge in [0.25, 0.3) is 5.91 Å². The molecule has 112 valence electrons. The molecule has 21 heavy (non-hydrogen) atoms. The Labute approximate surface area is 124 Å². The minimum Gasteiger partial charge on any atom is -0.467 e. The van der Waals surface area contributed by atoms with Crippen LogP contribution in [-0.2, 0) is 9.53 Å². The molecule has 0 radical (unpaired) electrons. The zero-order valence-electron chi connectivity index (χ0n) is 12.8. The molecular formula is C16H20N2O3. The van der Waals surface area contributed by atoms with Crippen LogP contribution < -0.4 is 5.32 Å². The predicted octanol–water partition coefficient (Wildman–Crippen LogP) is 2.12. The Morgan fingerprint density at radius 3 is 2.33 bits per heavy atom. The van der Waals surface area contributed by atoms with E-state index in [0.717, 1.165) is 11.1 Å².